The first kappa shape index (κ1) is 19.9. The standard InChI is InChI=1S/C22H32N2O3/c25-20-12-14-24(15-13-20)22(27)16-18-6-9-19(10-7-18)23-21(26)11-8-17-4-2-1-3-5-17/h6-7,9-10,17,20,25H,1-5,8,11-16H2,(H,23,26). The number of carbonyl (C=O) groups is 2. The van der Waals surface area contributed by atoms with Crippen molar-refractivity contribution < 1.29 is 14.7 Å². The summed E-state index contributed by atoms with van der Waals surface area (Å²) in [7, 11) is 0. The van der Waals surface area contributed by atoms with E-state index in [0.29, 0.717) is 44.7 Å². The zero-order valence-corrected chi connectivity index (χ0v) is 16.2. The molecule has 0 atom stereocenters. The summed E-state index contributed by atoms with van der Waals surface area (Å²) in [5, 5.41) is 12.5. The molecule has 2 amide bonds. The molecule has 0 radical (unpaired) electrons. The molecule has 5 heteroatoms. The Morgan fingerprint density at radius 3 is 2.33 bits per heavy atom. The molecule has 27 heavy (non-hydrogen) atoms. The summed E-state index contributed by atoms with van der Waals surface area (Å²) in [5.41, 5.74) is 1.74. The molecule has 1 saturated carbocycles. The lowest BCUT2D eigenvalue weighted by Gasteiger charge is -2.29. The minimum Gasteiger partial charge on any atom is -0.393 e. The molecule has 1 aliphatic heterocycles. The van der Waals surface area contributed by atoms with Crippen molar-refractivity contribution in [3.63, 3.8) is 0 Å². The fourth-order valence-corrected chi connectivity index (χ4v) is 4.14. The second-order valence-electron chi connectivity index (χ2n) is 8.08. The minimum absolute atomic E-state index is 0.0799. The molecule has 2 aliphatic rings. The number of amides is 2. The molecule has 0 unspecified atom stereocenters. The van der Waals surface area contributed by atoms with Crippen molar-refractivity contribution >= 4 is 17.5 Å². The highest BCUT2D eigenvalue weighted by Gasteiger charge is 2.21. The Kier molecular flexibility index (Phi) is 7.27. The van der Waals surface area contributed by atoms with Gasteiger partial charge in [-0.1, -0.05) is 44.2 Å². The Hall–Kier alpha value is -1.88. The Bertz CT molecular complexity index is 615. The second-order valence-corrected chi connectivity index (χ2v) is 8.08. The second kappa shape index (κ2) is 9.88. The number of likely N-dealkylation sites (tertiary alicyclic amines) is 1. The molecule has 1 saturated heterocycles. The average Bonchev–Trinajstić information content (AvgIpc) is 2.69. The Labute approximate surface area is 162 Å². The summed E-state index contributed by atoms with van der Waals surface area (Å²) in [5.74, 6) is 0.899. The maximum absolute atomic E-state index is 12.3. The number of benzene rings is 1. The van der Waals surface area contributed by atoms with Gasteiger partial charge in [0.15, 0.2) is 0 Å². The van der Waals surface area contributed by atoms with Crippen LogP contribution < -0.4 is 5.32 Å². The summed E-state index contributed by atoms with van der Waals surface area (Å²) in [6.07, 6.45) is 9.51. The molecule has 1 aromatic rings. The van der Waals surface area contributed by atoms with Gasteiger partial charge >= 0.3 is 0 Å². The normalized spacial score (nSPS) is 19.1. The number of anilines is 1. The lowest BCUT2D eigenvalue weighted by molar-refractivity contribution is -0.132. The van der Waals surface area contributed by atoms with Crippen molar-refractivity contribution in [3.8, 4) is 0 Å². The van der Waals surface area contributed by atoms with E-state index in [1.165, 1.54) is 32.1 Å². The van der Waals surface area contributed by atoms with E-state index >= 15 is 0 Å². The van der Waals surface area contributed by atoms with Gasteiger partial charge in [0.25, 0.3) is 0 Å². The molecule has 148 valence electrons. The first-order valence-electron chi connectivity index (χ1n) is 10.4. The van der Waals surface area contributed by atoms with Crippen molar-refractivity contribution in [1.82, 2.24) is 4.90 Å². The summed E-state index contributed by atoms with van der Waals surface area (Å²) in [4.78, 5) is 26.3. The molecule has 1 heterocycles. The van der Waals surface area contributed by atoms with Gasteiger partial charge in [-0.25, -0.2) is 0 Å². The summed E-state index contributed by atoms with van der Waals surface area (Å²) >= 11 is 0. The van der Waals surface area contributed by atoms with Crippen molar-refractivity contribution in [2.45, 2.75) is 70.3 Å². The van der Waals surface area contributed by atoms with Crippen LogP contribution in [0, 0.1) is 5.92 Å². The Balaban J connectivity index is 1.41. The van der Waals surface area contributed by atoms with E-state index in [4.69, 9.17) is 0 Å². The molecule has 0 bridgehead atoms. The smallest absolute Gasteiger partial charge is 0.226 e. The topological polar surface area (TPSA) is 69.6 Å². The maximum Gasteiger partial charge on any atom is 0.226 e. The SMILES string of the molecule is O=C(CCC1CCCCC1)Nc1ccc(CC(=O)N2CCC(O)CC2)cc1. The molecular formula is C22H32N2O3. The number of piperidine rings is 1. The van der Waals surface area contributed by atoms with Crippen LogP contribution in [-0.2, 0) is 16.0 Å². The van der Waals surface area contributed by atoms with Crippen molar-refractivity contribution in [3.05, 3.63) is 29.8 Å². The van der Waals surface area contributed by atoms with Crippen LogP contribution in [0.2, 0.25) is 0 Å². The summed E-state index contributed by atoms with van der Waals surface area (Å²) < 4.78 is 0. The Morgan fingerprint density at radius 2 is 1.67 bits per heavy atom. The molecule has 1 aromatic carbocycles. The molecule has 1 aliphatic carbocycles. The number of carbonyl (C=O) groups excluding carboxylic acids is 2. The van der Waals surface area contributed by atoms with E-state index in [2.05, 4.69) is 5.32 Å². The third kappa shape index (κ3) is 6.35. The van der Waals surface area contributed by atoms with Gasteiger partial charge in [0, 0.05) is 25.2 Å². The largest absolute Gasteiger partial charge is 0.393 e. The fourth-order valence-electron chi connectivity index (χ4n) is 4.14. The van der Waals surface area contributed by atoms with Crippen molar-refractivity contribution in [2.75, 3.05) is 18.4 Å². The number of nitrogens with zero attached hydrogens (tertiary/aromatic N) is 1. The van der Waals surface area contributed by atoms with Crippen molar-refractivity contribution in [2.24, 2.45) is 5.92 Å². The maximum atomic E-state index is 12.3. The lowest BCUT2D eigenvalue weighted by atomic mass is 9.86. The van der Waals surface area contributed by atoms with Crippen LogP contribution >= 0.6 is 0 Å². The van der Waals surface area contributed by atoms with Crippen LogP contribution in [0.15, 0.2) is 24.3 Å². The predicted molar refractivity (Wildman–Crippen MR) is 106 cm³/mol. The van der Waals surface area contributed by atoms with Crippen molar-refractivity contribution in [1.29, 1.82) is 0 Å². The summed E-state index contributed by atoms with van der Waals surface area (Å²) in [6.45, 7) is 1.27. The van der Waals surface area contributed by atoms with Gasteiger partial charge in [-0.15, -0.1) is 0 Å². The van der Waals surface area contributed by atoms with Gasteiger partial charge in [-0.2, -0.15) is 0 Å². The van der Waals surface area contributed by atoms with Crippen LogP contribution in [0.5, 0.6) is 0 Å². The van der Waals surface area contributed by atoms with Gasteiger partial charge < -0.3 is 15.3 Å². The van der Waals surface area contributed by atoms with Gasteiger partial charge in [0.2, 0.25) is 11.8 Å². The number of nitrogens with one attached hydrogen (secondary N) is 1. The van der Waals surface area contributed by atoms with E-state index in [0.717, 1.165) is 17.7 Å². The average molecular weight is 373 g/mol. The highest BCUT2D eigenvalue weighted by Crippen LogP contribution is 2.27. The van der Waals surface area contributed by atoms with Gasteiger partial charge in [0.1, 0.15) is 0 Å². The van der Waals surface area contributed by atoms with Crippen LogP contribution in [-0.4, -0.2) is 41.0 Å². The third-order valence-corrected chi connectivity index (χ3v) is 5.91. The quantitative estimate of drug-likeness (QED) is 0.803. The molecule has 0 aromatic heterocycles. The highest BCUT2D eigenvalue weighted by molar-refractivity contribution is 5.90. The predicted octanol–water partition coefficient (Wildman–Crippen LogP) is 3.51. The van der Waals surface area contributed by atoms with Crippen LogP contribution in [0.1, 0.15) is 63.4 Å². The third-order valence-electron chi connectivity index (χ3n) is 5.91. The number of hydrogen-bond donors (Lipinski definition) is 2. The van der Waals surface area contributed by atoms with Crippen LogP contribution in [0.3, 0.4) is 0 Å². The van der Waals surface area contributed by atoms with E-state index in [-0.39, 0.29) is 17.9 Å². The van der Waals surface area contributed by atoms with E-state index in [1.54, 1.807) is 0 Å². The van der Waals surface area contributed by atoms with E-state index < -0.39 is 0 Å². The number of hydrogen-bond acceptors (Lipinski definition) is 3. The lowest BCUT2D eigenvalue weighted by Crippen LogP contribution is -2.40. The number of aliphatic hydroxyl groups is 1. The first-order valence-corrected chi connectivity index (χ1v) is 10.4. The van der Waals surface area contributed by atoms with Crippen LogP contribution in [0.4, 0.5) is 5.69 Å². The molecule has 3 rings (SSSR count). The minimum atomic E-state index is -0.268. The van der Waals surface area contributed by atoms with E-state index in [1.807, 2.05) is 29.2 Å². The summed E-state index contributed by atoms with van der Waals surface area (Å²) in [6, 6.07) is 7.57. The Morgan fingerprint density at radius 1 is 1.00 bits per heavy atom. The monoisotopic (exact) mass is 372 g/mol. The molecule has 5 nitrogen and oxygen atoms in total. The van der Waals surface area contributed by atoms with Gasteiger partial charge in [0.05, 0.1) is 12.5 Å². The first-order chi connectivity index (χ1) is 13.1. The molecular weight excluding hydrogens is 340 g/mol. The van der Waals surface area contributed by atoms with E-state index in [9.17, 15) is 14.7 Å². The zero-order valence-electron chi connectivity index (χ0n) is 16.2. The molecule has 2 N–H and O–H groups in total. The molecule has 2 fully saturated rings. The number of rotatable bonds is 6. The van der Waals surface area contributed by atoms with Crippen LogP contribution in [0.25, 0.3) is 0 Å². The highest BCUT2D eigenvalue weighted by atomic mass is 16.3. The number of aliphatic hydroxyl groups excluding tert-OH is 1. The van der Waals surface area contributed by atoms with Gasteiger partial charge in [-0.3, -0.25) is 9.59 Å². The molecule has 0 spiro atoms. The van der Waals surface area contributed by atoms with Gasteiger partial charge in [-0.05, 0) is 42.9 Å². The fraction of sp³-hybridized carbons (Fsp3) is 0.636. The zero-order chi connectivity index (χ0) is 19.1.